The number of nitrogens with zero attached hydrogens (tertiary/aromatic N) is 2. The number of hydrogen-bond acceptors (Lipinski definition) is 8. The van der Waals surface area contributed by atoms with Crippen LogP contribution in [0.15, 0.2) is 12.3 Å². The largest absolute Gasteiger partial charge is 0.481 e. The molecule has 1 aromatic rings. The van der Waals surface area contributed by atoms with Crippen LogP contribution in [-0.4, -0.2) is 67.6 Å². The van der Waals surface area contributed by atoms with Crippen molar-refractivity contribution in [2.24, 2.45) is 5.92 Å². The van der Waals surface area contributed by atoms with Gasteiger partial charge in [0.15, 0.2) is 0 Å². The van der Waals surface area contributed by atoms with Crippen LogP contribution in [0.4, 0.5) is 0 Å². The van der Waals surface area contributed by atoms with Gasteiger partial charge in [-0.2, -0.15) is 0 Å². The van der Waals surface area contributed by atoms with Crippen molar-refractivity contribution in [3.63, 3.8) is 0 Å². The standard InChI is InChI=1S/C23H32N2O6/c1-15(31-23(2,3)4)25-14-17(21(26)29-6)9-11-18(25)10-8-16-12-20(28-5)24-13-19(16)22(27)30-7/h12-13,15,17-18H,9,11,14H2,1-7H3. The second kappa shape index (κ2) is 10.6. The summed E-state index contributed by atoms with van der Waals surface area (Å²) in [4.78, 5) is 30.4. The molecule has 0 radical (unpaired) electrons. The molecule has 1 aliphatic rings. The summed E-state index contributed by atoms with van der Waals surface area (Å²) in [5.41, 5.74) is 0.384. The van der Waals surface area contributed by atoms with Crippen LogP contribution >= 0.6 is 0 Å². The molecule has 1 aliphatic heterocycles. The summed E-state index contributed by atoms with van der Waals surface area (Å²) in [6.45, 7) is 8.38. The fraction of sp³-hybridized carbons (Fsp3) is 0.609. The smallest absolute Gasteiger partial charge is 0.340 e. The Bertz CT molecular complexity index is 852. The van der Waals surface area contributed by atoms with Gasteiger partial charge in [0.05, 0.1) is 44.5 Å². The van der Waals surface area contributed by atoms with Gasteiger partial charge in [-0.1, -0.05) is 11.8 Å². The van der Waals surface area contributed by atoms with Crippen LogP contribution in [0, 0.1) is 17.8 Å². The first-order chi connectivity index (χ1) is 14.6. The van der Waals surface area contributed by atoms with Gasteiger partial charge in [-0.25, -0.2) is 9.78 Å². The number of likely N-dealkylation sites (tertiary alicyclic amines) is 1. The Kier molecular flexibility index (Phi) is 8.43. The van der Waals surface area contributed by atoms with E-state index in [4.69, 9.17) is 18.9 Å². The molecule has 0 aromatic carbocycles. The van der Waals surface area contributed by atoms with E-state index in [1.165, 1.54) is 27.5 Å². The highest BCUT2D eigenvalue weighted by molar-refractivity contribution is 5.92. The number of ether oxygens (including phenoxy) is 4. The molecule has 0 saturated carbocycles. The Morgan fingerprint density at radius 3 is 2.48 bits per heavy atom. The summed E-state index contributed by atoms with van der Waals surface area (Å²) in [7, 11) is 4.21. The van der Waals surface area contributed by atoms with E-state index in [0.29, 0.717) is 30.8 Å². The average Bonchev–Trinajstić information content (AvgIpc) is 2.74. The molecule has 31 heavy (non-hydrogen) atoms. The van der Waals surface area contributed by atoms with Gasteiger partial charge in [-0.15, -0.1) is 0 Å². The molecule has 0 spiro atoms. The van der Waals surface area contributed by atoms with Gasteiger partial charge in [0.2, 0.25) is 5.88 Å². The monoisotopic (exact) mass is 432 g/mol. The van der Waals surface area contributed by atoms with Crippen LogP contribution < -0.4 is 4.74 Å². The lowest BCUT2D eigenvalue weighted by molar-refractivity contribution is -0.159. The average molecular weight is 433 g/mol. The minimum atomic E-state index is -0.518. The molecule has 1 aromatic heterocycles. The molecule has 3 atom stereocenters. The lowest BCUT2D eigenvalue weighted by atomic mass is 9.92. The van der Waals surface area contributed by atoms with Crippen LogP contribution in [0.2, 0.25) is 0 Å². The zero-order valence-corrected chi connectivity index (χ0v) is 19.4. The molecule has 170 valence electrons. The quantitative estimate of drug-likeness (QED) is 0.518. The van der Waals surface area contributed by atoms with E-state index >= 15 is 0 Å². The van der Waals surface area contributed by atoms with Crippen LogP contribution in [-0.2, 0) is 19.0 Å². The van der Waals surface area contributed by atoms with Gasteiger partial charge in [-0.3, -0.25) is 9.69 Å². The number of hydrogen-bond donors (Lipinski definition) is 0. The highest BCUT2D eigenvalue weighted by atomic mass is 16.5. The third-order valence-corrected chi connectivity index (χ3v) is 5.01. The van der Waals surface area contributed by atoms with Crippen molar-refractivity contribution < 1.29 is 28.5 Å². The predicted octanol–water partition coefficient (Wildman–Crippen LogP) is 2.64. The van der Waals surface area contributed by atoms with Crippen LogP contribution in [0.1, 0.15) is 56.5 Å². The maximum Gasteiger partial charge on any atom is 0.340 e. The van der Waals surface area contributed by atoms with Crippen molar-refractivity contribution in [1.82, 2.24) is 9.88 Å². The zero-order chi connectivity index (χ0) is 23.2. The number of aromatic nitrogens is 1. The van der Waals surface area contributed by atoms with Crippen LogP contribution in [0.5, 0.6) is 5.88 Å². The van der Waals surface area contributed by atoms with Crippen molar-refractivity contribution in [2.75, 3.05) is 27.9 Å². The molecule has 1 fully saturated rings. The van der Waals surface area contributed by atoms with Gasteiger partial charge < -0.3 is 18.9 Å². The molecule has 0 N–H and O–H groups in total. The number of rotatable bonds is 5. The summed E-state index contributed by atoms with van der Waals surface area (Å²) >= 11 is 0. The first kappa shape index (κ1) is 24.6. The SMILES string of the molecule is COC(=O)c1cnc(OC)cc1C#CC1CCC(C(=O)OC)CN1C(C)OC(C)(C)C. The maximum absolute atomic E-state index is 12.1. The van der Waals surface area contributed by atoms with Gasteiger partial charge >= 0.3 is 11.9 Å². The molecular formula is C23H32N2O6. The Morgan fingerprint density at radius 2 is 1.90 bits per heavy atom. The highest BCUT2D eigenvalue weighted by Crippen LogP contribution is 2.27. The number of carbonyl (C=O) groups is 2. The third-order valence-electron chi connectivity index (χ3n) is 5.01. The maximum atomic E-state index is 12.1. The topological polar surface area (TPSA) is 87.2 Å². The van der Waals surface area contributed by atoms with E-state index < -0.39 is 5.97 Å². The molecule has 0 bridgehead atoms. The summed E-state index contributed by atoms with van der Waals surface area (Å²) in [5.74, 6) is 5.72. The minimum Gasteiger partial charge on any atom is -0.481 e. The van der Waals surface area contributed by atoms with E-state index in [1.807, 2.05) is 27.7 Å². The highest BCUT2D eigenvalue weighted by Gasteiger charge is 2.36. The Labute approximate surface area is 184 Å². The number of pyridine rings is 1. The lowest BCUT2D eigenvalue weighted by Crippen LogP contribution is -2.51. The molecule has 0 amide bonds. The molecule has 0 aliphatic carbocycles. The zero-order valence-electron chi connectivity index (χ0n) is 19.4. The van der Waals surface area contributed by atoms with E-state index in [0.717, 1.165) is 0 Å². The van der Waals surface area contributed by atoms with Gasteiger partial charge in [-0.05, 0) is 40.5 Å². The number of carbonyl (C=O) groups excluding carboxylic acids is 2. The van der Waals surface area contributed by atoms with E-state index in [9.17, 15) is 9.59 Å². The minimum absolute atomic E-state index is 0.164. The van der Waals surface area contributed by atoms with E-state index in [2.05, 4.69) is 21.7 Å². The second-order valence-electron chi connectivity index (χ2n) is 8.37. The Morgan fingerprint density at radius 1 is 1.19 bits per heavy atom. The third kappa shape index (κ3) is 6.68. The van der Waals surface area contributed by atoms with Crippen molar-refractivity contribution >= 4 is 11.9 Å². The van der Waals surface area contributed by atoms with Crippen molar-refractivity contribution in [3.05, 3.63) is 23.4 Å². The summed E-state index contributed by atoms with van der Waals surface area (Å²) < 4.78 is 21.1. The van der Waals surface area contributed by atoms with Crippen molar-refractivity contribution in [1.29, 1.82) is 0 Å². The molecule has 2 heterocycles. The molecule has 8 nitrogen and oxygen atoms in total. The molecular weight excluding hydrogens is 400 g/mol. The lowest BCUT2D eigenvalue weighted by Gasteiger charge is -2.41. The van der Waals surface area contributed by atoms with Crippen LogP contribution in [0.3, 0.4) is 0 Å². The molecule has 3 unspecified atom stereocenters. The van der Waals surface area contributed by atoms with Crippen molar-refractivity contribution in [3.8, 4) is 17.7 Å². The normalized spacial score (nSPS) is 20.2. The number of piperidine rings is 1. The fourth-order valence-electron chi connectivity index (χ4n) is 3.58. The van der Waals surface area contributed by atoms with E-state index in [-0.39, 0.29) is 35.3 Å². The predicted molar refractivity (Wildman–Crippen MR) is 115 cm³/mol. The fourth-order valence-corrected chi connectivity index (χ4v) is 3.58. The number of esters is 2. The molecule has 8 heteroatoms. The number of methoxy groups -OCH3 is 3. The Hall–Kier alpha value is -2.63. The summed E-state index contributed by atoms with van der Waals surface area (Å²) in [5, 5.41) is 0. The summed E-state index contributed by atoms with van der Waals surface area (Å²) in [6, 6.07) is 1.45. The van der Waals surface area contributed by atoms with Crippen molar-refractivity contribution in [2.45, 2.75) is 58.4 Å². The first-order valence-electron chi connectivity index (χ1n) is 10.2. The van der Waals surface area contributed by atoms with Gasteiger partial charge in [0.25, 0.3) is 0 Å². The first-order valence-corrected chi connectivity index (χ1v) is 10.2. The second-order valence-corrected chi connectivity index (χ2v) is 8.37. The van der Waals surface area contributed by atoms with E-state index in [1.54, 1.807) is 6.07 Å². The molecule has 2 rings (SSSR count). The summed E-state index contributed by atoms with van der Waals surface area (Å²) in [6.07, 6.45) is 2.46. The van der Waals surface area contributed by atoms with Gasteiger partial charge in [0.1, 0.15) is 6.23 Å². The molecule has 1 saturated heterocycles. The van der Waals surface area contributed by atoms with Crippen LogP contribution in [0.25, 0.3) is 0 Å². The van der Waals surface area contributed by atoms with Gasteiger partial charge in [0, 0.05) is 24.4 Å². The Balaban J connectivity index is 2.37.